The average molecular weight is 320 g/mol. The second-order valence-electron chi connectivity index (χ2n) is 4.96. The molecule has 5 heteroatoms. The molecule has 0 aliphatic heterocycles. The minimum absolute atomic E-state index is 0.0695. The van der Waals surface area contributed by atoms with E-state index in [1.807, 2.05) is 56.1 Å². The van der Waals surface area contributed by atoms with Crippen molar-refractivity contribution in [3.8, 4) is 0 Å². The highest BCUT2D eigenvalue weighted by molar-refractivity contribution is 8.00. The van der Waals surface area contributed by atoms with E-state index in [-0.39, 0.29) is 11.9 Å². The summed E-state index contributed by atoms with van der Waals surface area (Å²) in [4.78, 5) is 20.9. The van der Waals surface area contributed by atoms with Gasteiger partial charge in [0, 0.05) is 16.8 Å². The van der Waals surface area contributed by atoms with Crippen molar-refractivity contribution in [3.05, 3.63) is 45.9 Å². The lowest BCUT2D eigenvalue weighted by Crippen LogP contribution is -2.31. The Bertz CT molecular complexity index is 610. The zero-order valence-corrected chi connectivity index (χ0v) is 14.4. The standard InChI is InChI=1S/C16H20N2OS2/c1-11-16(21-13(3)17-11)12(2)18(4)15(19)10-20-14-8-6-5-7-9-14/h5-9,12H,10H2,1-4H3/t12-/m0/s1. The summed E-state index contributed by atoms with van der Waals surface area (Å²) in [6.45, 7) is 6.07. The van der Waals surface area contributed by atoms with Crippen molar-refractivity contribution in [3.63, 3.8) is 0 Å². The van der Waals surface area contributed by atoms with Crippen molar-refractivity contribution < 1.29 is 4.79 Å². The summed E-state index contributed by atoms with van der Waals surface area (Å²) in [5.41, 5.74) is 1.03. The third-order valence-corrected chi connectivity index (χ3v) is 5.64. The second kappa shape index (κ2) is 7.09. The highest BCUT2D eigenvalue weighted by Gasteiger charge is 2.21. The predicted molar refractivity (Wildman–Crippen MR) is 89.9 cm³/mol. The van der Waals surface area contributed by atoms with Crippen molar-refractivity contribution in [1.29, 1.82) is 0 Å². The molecule has 1 atom stereocenters. The maximum absolute atomic E-state index is 12.3. The first-order valence-corrected chi connectivity index (χ1v) is 8.66. The largest absolute Gasteiger partial charge is 0.337 e. The normalized spacial score (nSPS) is 12.2. The van der Waals surface area contributed by atoms with Crippen LogP contribution in [-0.4, -0.2) is 28.6 Å². The van der Waals surface area contributed by atoms with Crippen LogP contribution in [0, 0.1) is 13.8 Å². The molecule has 3 nitrogen and oxygen atoms in total. The Hall–Kier alpha value is -1.33. The number of hydrogen-bond donors (Lipinski definition) is 0. The zero-order valence-electron chi connectivity index (χ0n) is 12.8. The minimum Gasteiger partial charge on any atom is -0.337 e. The molecule has 0 spiro atoms. The van der Waals surface area contributed by atoms with Gasteiger partial charge in [-0.05, 0) is 32.9 Å². The van der Waals surface area contributed by atoms with Gasteiger partial charge in [0.2, 0.25) is 5.91 Å². The number of aromatic nitrogens is 1. The number of rotatable bonds is 5. The molecule has 2 aromatic rings. The summed E-state index contributed by atoms with van der Waals surface area (Å²) < 4.78 is 0. The van der Waals surface area contributed by atoms with E-state index in [2.05, 4.69) is 11.9 Å². The Morgan fingerprint density at radius 3 is 2.57 bits per heavy atom. The first-order valence-electron chi connectivity index (χ1n) is 6.86. The molecule has 1 heterocycles. The number of carbonyl (C=O) groups excluding carboxylic acids is 1. The van der Waals surface area contributed by atoms with E-state index in [4.69, 9.17) is 0 Å². The Balaban J connectivity index is 1.97. The monoisotopic (exact) mass is 320 g/mol. The number of amides is 1. The highest BCUT2D eigenvalue weighted by Crippen LogP contribution is 2.29. The van der Waals surface area contributed by atoms with Crippen molar-refractivity contribution >= 4 is 29.0 Å². The molecule has 0 bridgehead atoms. The molecule has 0 aliphatic carbocycles. The number of carbonyl (C=O) groups is 1. The van der Waals surface area contributed by atoms with Gasteiger partial charge in [-0.15, -0.1) is 23.1 Å². The lowest BCUT2D eigenvalue weighted by molar-refractivity contribution is -0.128. The van der Waals surface area contributed by atoms with Crippen LogP contribution in [0.5, 0.6) is 0 Å². The Labute approximate surface area is 134 Å². The minimum atomic E-state index is 0.0695. The average Bonchev–Trinajstić information content (AvgIpc) is 2.83. The lowest BCUT2D eigenvalue weighted by Gasteiger charge is -2.24. The number of aryl methyl sites for hydroxylation is 2. The zero-order chi connectivity index (χ0) is 15.4. The van der Waals surface area contributed by atoms with Gasteiger partial charge in [0.25, 0.3) is 0 Å². The number of thioether (sulfide) groups is 1. The lowest BCUT2D eigenvalue weighted by atomic mass is 10.2. The van der Waals surface area contributed by atoms with Crippen LogP contribution in [0.15, 0.2) is 35.2 Å². The van der Waals surface area contributed by atoms with Gasteiger partial charge in [-0.3, -0.25) is 4.79 Å². The molecular formula is C16H20N2OS2. The van der Waals surface area contributed by atoms with Gasteiger partial charge in [-0.25, -0.2) is 4.98 Å². The molecule has 2 rings (SSSR count). The molecule has 21 heavy (non-hydrogen) atoms. The van der Waals surface area contributed by atoms with Crippen molar-refractivity contribution in [1.82, 2.24) is 9.88 Å². The second-order valence-corrected chi connectivity index (χ2v) is 7.25. The van der Waals surface area contributed by atoms with Gasteiger partial charge >= 0.3 is 0 Å². The Morgan fingerprint density at radius 1 is 1.33 bits per heavy atom. The molecule has 0 N–H and O–H groups in total. The molecule has 112 valence electrons. The third-order valence-electron chi connectivity index (χ3n) is 3.40. The Morgan fingerprint density at radius 2 is 2.00 bits per heavy atom. The summed E-state index contributed by atoms with van der Waals surface area (Å²) in [6.07, 6.45) is 0. The smallest absolute Gasteiger partial charge is 0.233 e. The fourth-order valence-corrected chi connectivity index (χ4v) is 3.96. The molecule has 0 fully saturated rings. The predicted octanol–water partition coefficient (Wildman–Crippen LogP) is 4.07. The van der Waals surface area contributed by atoms with Crippen LogP contribution < -0.4 is 0 Å². The van der Waals surface area contributed by atoms with Gasteiger partial charge in [0.15, 0.2) is 0 Å². The van der Waals surface area contributed by atoms with E-state index in [1.54, 1.807) is 23.1 Å². The number of thiazole rings is 1. The number of hydrogen-bond acceptors (Lipinski definition) is 4. The molecular weight excluding hydrogens is 300 g/mol. The van der Waals surface area contributed by atoms with Crippen molar-refractivity contribution in [2.45, 2.75) is 31.7 Å². The van der Waals surface area contributed by atoms with Crippen LogP contribution in [0.4, 0.5) is 0 Å². The van der Waals surface area contributed by atoms with E-state index in [0.717, 1.165) is 15.6 Å². The van der Waals surface area contributed by atoms with Crippen LogP contribution >= 0.6 is 23.1 Å². The van der Waals surface area contributed by atoms with Gasteiger partial charge < -0.3 is 4.90 Å². The first kappa shape index (κ1) is 16.0. The van der Waals surface area contributed by atoms with Crippen LogP contribution in [0.25, 0.3) is 0 Å². The summed E-state index contributed by atoms with van der Waals surface area (Å²) in [6, 6.07) is 10.1. The number of benzene rings is 1. The van der Waals surface area contributed by atoms with E-state index in [0.29, 0.717) is 5.75 Å². The maximum atomic E-state index is 12.3. The topological polar surface area (TPSA) is 33.2 Å². The molecule has 1 aromatic heterocycles. The van der Waals surface area contributed by atoms with E-state index < -0.39 is 0 Å². The fourth-order valence-electron chi connectivity index (χ4n) is 2.09. The van der Waals surface area contributed by atoms with E-state index in [9.17, 15) is 4.79 Å². The molecule has 0 saturated heterocycles. The van der Waals surface area contributed by atoms with Crippen LogP contribution in [0.3, 0.4) is 0 Å². The first-order chi connectivity index (χ1) is 9.99. The Kier molecular flexibility index (Phi) is 5.42. The van der Waals surface area contributed by atoms with E-state index in [1.165, 1.54) is 4.88 Å². The van der Waals surface area contributed by atoms with Crippen molar-refractivity contribution in [2.75, 3.05) is 12.8 Å². The van der Waals surface area contributed by atoms with E-state index >= 15 is 0 Å². The summed E-state index contributed by atoms with van der Waals surface area (Å²) in [7, 11) is 1.87. The highest BCUT2D eigenvalue weighted by atomic mass is 32.2. The number of nitrogens with zero attached hydrogens (tertiary/aromatic N) is 2. The molecule has 0 radical (unpaired) electrons. The summed E-state index contributed by atoms with van der Waals surface area (Å²) >= 11 is 3.25. The van der Waals surface area contributed by atoms with Gasteiger partial charge in [0.05, 0.1) is 22.5 Å². The fraction of sp³-hybridized carbons (Fsp3) is 0.375. The maximum Gasteiger partial charge on any atom is 0.233 e. The molecule has 1 amide bonds. The van der Waals surface area contributed by atoms with Crippen LogP contribution in [0.2, 0.25) is 0 Å². The van der Waals surface area contributed by atoms with Gasteiger partial charge in [-0.2, -0.15) is 0 Å². The van der Waals surface area contributed by atoms with Crippen LogP contribution in [-0.2, 0) is 4.79 Å². The summed E-state index contributed by atoms with van der Waals surface area (Å²) in [5, 5.41) is 1.05. The van der Waals surface area contributed by atoms with Crippen molar-refractivity contribution in [2.24, 2.45) is 0 Å². The summed E-state index contributed by atoms with van der Waals surface area (Å²) in [5.74, 6) is 0.601. The molecule has 1 aromatic carbocycles. The van der Waals surface area contributed by atoms with Gasteiger partial charge in [0.1, 0.15) is 0 Å². The third kappa shape index (κ3) is 4.08. The molecule has 0 unspecified atom stereocenters. The quantitative estimate of drug-likeness (QED) is 0.779. The SMILES string of the molecule is Cc1nc(C)c([C@H](C)N(C)C(=O)CSc2ccccc2)s1. The van der Waals surface area contributed by atoms with Gasteiger partial charge in [-0.1, -0.05) is 18.2 Å². The van der Waals surface area contributed by atoms with Crippen LogP contribution in [0.1, 0.15) is 28.5 Å². The molecule has 0 aliphatic rings. The molecule has 0 saturated carbocycles.